The molecular formula is C18H18F2N2O. The van der Waals surface area contributed by atoms with Gasteiger partial charge < -0.3 is 9.80 Å². The van der Waals surface area contributed by atoms with Crippen LogP contribution in [-0.2, 0) is 0 Å². The molecule has 3 nitrogen and oxygen atoms in total. The summed E-state index contributed by atoms with van der Waals surface area (Å²) in [5.41, 5.74) is 2.24. The molecule has 0 saturated carbocycles. The Morgan fingerprint density at radius 1 is 0.957 bits per heavy atom. The molecule has 23 heavy (non-hydrogen) atoms. The Hall–Kier alpha value is -2.43. The molecule has 1 aliphatic heterocycles. The molecule has 1 saturated heterocycles. The second-order valence-corrected chi connectivity index (χ2v) is 5.72. The third-order valence-electron chi connectivity index (χ3n) is 4.15. The largest absolute Gasteiger partial charge is 0.368 e. The van der Waals surface area contributed by atoms with E-state index in [-0.39, 0.29) is 11.7 Å². The number of nitrogens with zero attached hydrogens (tertiary/aromatic N) is 2. The average molecular weight is 316 g/mol. The Morgan fingerprint density at radius 2 is 1.65 bits per heavy atom. The summed E-state index contributed by atoms with van der Waals surface area (Å²) in [6.07, 6.45) is 0. The van der Waals surface area contributed by atoms with E-state index in [9.17, 15) is 13.6 Å². The van der Waals surface area contributed by atoms with E-state index in [2.05, 4.69) is 4.90 Å². The second-order valence-electron chi connectivity index (χ2n) is 5.72. The van der Waals surface area contributed by atoms with Crippen molar-refractivity contribution in [1.29, 1.82) is 0 Å². The van der Waals surface area contributed by atoms with E-state index < -0.39 is 5.82 Å². The molecule has 0 N–H and O–H groups in total. The van der Waals surface area contributed by atoms with Crippen molar-refractivity contribution >= 4 is 11.6 Å². The van der Waals surface area contributed by atoms with Crippen molar-refractivity contribution in [2.45, 2.75) is 6.92 Å². The van der Waals surface area contributed by atoms with Gasteiger partial charge in [-0.1, -0.05) is 12.1 Å². The van der Waals surface area contributed by atoms with Crippen molar-refractivity contribution < 1.29 is 13.6 Å². The highest BCUT2D eigenvalue weighted by molar-refractivity contribution is 5.94. The summed E-state index contributed by atoms with van der Waals surface area (Å²) in [7, 11) is 0. The van der Waals surface area contributed by atoms with Crippen LogP contribution in [0.5, 0.6) is 0 Å². The molecule has 0 radical (unpaired) electrons. The predicted molar refractivity (Wildman–Crippen MR) is 85.7 cm³/mol. The van der Waals surface area contributed by atoms with Crippen LogP contribution in [0.3, 0.4) is 0 Å². The molecule has 2 aromatic rings. The van der Waals surface area contributed by atoms with Crippen molar-refractivity contribution in [2.24, 2.45) is 0 Å². The predicted octanol–water partition coefficient (Wildman–Crippen LogP) is 3.24. The standard InChI is InChI=1S/C18H18F2N2O/c1-13-5-6-16(20)12-17(13)21-7-9-22(10-8-21)18(23)14-3-2-4-15(19)11-14/h2-6,11-12H,7-10H2,1H3. The number of rotatable bonds is 2. The van der Waals surface area contributed by atoms with E-state index in [0.717, 1.165) is 11.3 Å². The smallest absolute Gasteiger partial charge is 0.254 e. The maximum atomic E-state index is 13.4. The summed E-state index contributed by atoms with van der Waals surface area (Å²) >= 11 is 0. The molecule has 0 aliphatic carbocycles. The number of aryl methyl sites for hydroxylation is 1. The molecule has 5 heteroatoms. The van der Waals surface area contributed by atoms with Crippen molar-refractivity contribution in [3.63, 3.8) is 0 Å². The number of carbonyl (C=O) groups is 1. The molecule has 2 aromatic carbocycles. The SMILES string of the molecule is Cc1ccc(F)cc1N1CCN(C(=O)c2cccc(F)c2)CC1. The van der Waals surface area contributed by atoms with Crippen LogP contribution in [0.15, 0.2) is 42.5 Å². The highest BCUT2D eigenvalue weighted by Gasteiger charge is 2.23. The van der Waals surface area contributed by atoms with Crippen LogP contribution in [0.4, 0.5) is 14.5 Å². The molecule has 0 aromatic heterocycles. The summed E-state index contributed by atoms with van der Waals surface area (Å²) in [6.45, 7) is 4.27. The Balaban J connectivity index is 1.69. The number of amides is 1. The summed E-state index contributed by atoms with van der Waals surface area (Å²) < 4.78 is 26.7. The quantitative estimate of drug-likeness (QED) is 0.849. The fourth-order valence-corrected chi connectivity index (χ4v) is 2.88. The zero-order chi connectivity index (χ0) is 16.4. The highest BCUT2D eigenvalue weighted by Crippen LogP contribution is 2.23. The first kappa shape index (κ1) is 15.5. The highest BCUT2D eigenvalue weighted by atomic mass is 19.1. The number of piperazine rings is 1. The lowest BCUT2D eigenvalue weighted by Gasteiger charge is -2.36. The first-order valence-electron chi connectivity index (χ1n) is 7.60. The van der Waals surface area contributed by atoms with Crippen LogP contribution in [0.1, 0.15) is 15.9 Å². The number of carbonyl (C=O) groups excluding carboxylic acids is 1. The summed E-state index contributed by atoms with van der Waals surface area (Å²) in [6, 6.07) is 10.5. The molecule has 3 rings (SSSR count). The van der Waals surface area contributed by atoms with Gasteiger partial charge in [0.05, 0.1) is 0 Å². The van der Waals surface area contributed by atoms with Gasteiger partial charge in [0.1, 0.15) is 11.6 Å². The fourth-order valence-electron chi connectivity index (χ4n) is 2.88. The zero-order valence-electron chi connectivity index (χ0n) is 12.9. The van der Waals surface area contributed by atoms with Gasteiger partial charge in [0.15, 0.2) is 0 Å². The van der Waals surface area contributed by atoms with Gasteiger partial charge >= 0.3 is 0 Å². The van der Waals surface area contributed by atoms with Gasteiger partial charge in [-0.2, -0.15) is 0 Å². The Bertz CT molecular complexity index is 725. The van der Waals surface area contributed by atoms with Gasteiger partial charge in [0, 0.05) is 37.4 Å². The summed E-state index contributed by atoms with van der Waals surface area (Å²) in [5.74, 6) is -0.839. The lowest BCUT2D eigenvalue weighted by Crippen LogP contribution is -2.49. The number of halogens is 2. The monoisotopic (exact) mass is 316 g/mol. The van der Waals surface area contributed by atoms with Gasteiger partial charge in [-0.15, -0.1) is 0 Å². The lowest BCUT2D eigenvalue weighted by atomic mass is 10.1. The second kappa shape index (κ2) is 6.36. The molecule has 1 amide bonds. The van der Waals surface area contributed by atoms with Crippen molar-refractivity contribution in [3.8, 4) is 0 Å². The first-order valence-corrected chi connectivity index (χ1v) is 7.60. The molecule has 1 fully saturated rings. The molecular weight excluding hydrogens is 298 g/mol. The average Bonchev–Trinajstić information content (AvgIpc) is 2.56. The van der Waals surface area contributed by atoms with Gasteiger partial charge in [-0.3, -0.25) is 4.79 Å². The van der Waals surface area contributed by atoms with Crippen molar-refractivity contribution in [2.75, 3.05) is 31.1 Å². The fraction of sp³-hybridized carbons (Fsp3) is 0.278. The normalized spacial score (nSPS) is 14.9. The van der Waals surface area contributed by atoms with E-state index in [0.29, 0.717) is 31.7 Å². The maximum absolute atomic E-state index is 13.4. The third-order valence-corrected chi connectivity index (χ3v) is 4.15. The number of anilines is 1. The minimum Gasteiger partial charge on any atom is -0.368 e. The van der Waals surface area contributed by atoms with Gasteiger partial charge in [0.25, 0.3) is 5.91 Å². The van der Waals surface area contributed by atoms with Crippen LogP contribution in [-0.4, -0.2) is 37.0 Å². The topological polar surface area (TPSA) is 23.6 Å². The van der Waals surface area contributed by atoms with E-state index >= 15 is 0 Å². The van der Waals surface area contributed by atoms with E-state index in [4.69, 9.17) is 0 Å². The van der Waals surface area contributed by atoms with E-state index in [1.165, 1.54) is 30.3 Å². The maximum Gasteiger partial charge on any atom is 0.254 e. The van der Waals surface area contributed by atoms with Crippen molar-refractivity contribution in [3.05, 3.63) is 65.2 Å². The number of benzene rings is 2. The minimum atomic E-state index is -0.412. The van der Waals surface area contributed by atoms with E-state index in [1.54, 1.807) is 17.0 Å². The first-order chi connectivity index (χ1) is 11.0. The lowest BCUT2D eigenvalue weighted by molar-refractivity contribution is 0.0746. The molecule has 0 bridgehead atoms. The molecule has 0 spiro atoms. The molecule has 1 aliphatic rings. The van der Waals surface area contributed by atoms with Crippen molar-refractivity contribution in [1.82, 2.24) is 4.90 Å². The summed E-state index contributed by atoms with van der Waals surface area (Å²) in [5, 5.41) is 0. The molecule has 120 valence electrons. The zero-order valence-corrected chi connectivity index (χ0v) is 12.9. The van der Waals surface area contributed by atoms with Gasteiger partial charge in [-0.25, -0.2) is 8.78 Å². The van der Waals surface area contributed by atoms with Crippen LogP contribution >= 0.6 is 0 Å². The minimum absolute atomic E-state index is 0.167. The summed E-state index contributed by atoms with van der Waals surface area (Å²) in [4.78, 5) is 16.2. The third kappa shape index (κ3) is 3.33. The van der Waals surface area contributed by atoms with Crippen LogP contribution < -0.4 is 4.90 Å². The van der Waals surface area contributed by atoms with Gasteiger partial charge in [-0.05, 0) is 42.8 Å². The molecule has 1 heterocycles. The van der Waals surface area contributed by atoms with Crippen LogP contribution in [0.25, 0.3) is 0 Å². The number of hydrogen-bond acceptors (Lipinski definition) is 2. The molecule has 0 atom stereocenters. The Labute approximate surface area is 134 Å². The van der Waals surface area contributed by atoms with Gasteiger partial charge in [0.2, 0.25) is 0 Å². The Kier molecular flexibility index (Phi) is 4.28. The van der Waals surface area contributed by atoms with Crippen LogP contribution in [0, 0.1) is 18.6 Å². The Morgan fingerprint density at radius 3 is 2.35 bits per heavy atom. The van der Waals surface area contributed by atoms with E-state index in [1.807, 2.05) is 6.92 Å². The number of hydrogen-bond donors (Lipinski definition) is 0. The molecule has 0 unspecified atom stereocenters. The van der Waals surface area contributed by atoms with Crippen LogP contribution in [0.2, 0.25) is 0 Å².